The van der Waals surface area contributed by atoms with Crippen LogP contribution in [0.25, 0.3) is 0 Å². The molecule has 0 aliphatic carbocycles. The number of rotatable bonds is 2. The predicted molar refractivity (Wildman–Crippen MR) is 36.3 cm³/mol. The molecule has 0 spiro atoms. The summed E-state index contributed by atoms with van der Waals surface area (Å²) < 4.78 is 4.04. The van der Waals surface area contributed by atoms with Gasteiger partial charge >= 0.3 is 0 Å². The van der Waals surface area contributed by atoms with Crippen molar-refractivity contribution in [3.8, 4) is 0 Å². The van der Waals surface area contributed by atoms with Crippen molar-refractivity contribution in [3.05, 3.63) is 18.7 Å². The third-order valence-corrected chi connectivity index (χ3v) is 1.34. The SMILES string of the molecule is C[n+]1ccn(CCCl)c1.[Cl-]. The number of nitrogens with zero attached hydrogens (tertiary/aromatic N) is 2. The quantitative estimate of drug-likeness (QED) is 0.354. The Morgan fingerprint density at radius 1 is 1.60 bits per heavy atom. The summed E-state index contributed by atoms with van der Waals surface area (Å²) in [5.74, 6) is 0.675. The summed E-state index contributed by atoms with van der Waals surface area (Å²) in [6, 6.07) is 0. The molecule has 1 aromatic heterocycles. The summed E-state index contributed by atoms with van der Waals surface area (Å²) in [4.78, 5) is 0. The van der Waals surface area contributed by atoms with Gasteiger partial charge in [0.25, 0.3) is 0 Å². The van der Waals surface area contributed by atoms with Crippen LogP contribution in [0.4, 0.5) is 0 Å². The normalized spacial score (nSPS) is 9.00. The van der Waals surface area contributed by atoms with Gasteiger partial charge in [0, 0.05) is 0 Å². The molecule has 0 fully saturated rings. The molecule has 0 N–H and O–H groups in total. The van der Waals surface area contributed by atoms with E-state index in [1.54, 1.807) is 0 Å². The summed E-state index contributed by atoms with van der Waals surface area (Å²) in [6.45, 7) is 0.891. The third-order valence-electron chi connectivity index (χ3n) is 1.17. The standard InChI is InChI=1S/C6H10ClN2.ClH/c1-8-4-5-9(6-8)3-2-7;/h4-6H,2-3H2,1H3;1H/q+1;/p-1. The average molecular weight is 181 g/mol. The van der Waals surface area contributed by atoms with Gasteiger partial charge in [-0.3, -0.25) is 0 Å². The van der Waals surface area contributed by atoms with E-state index in [2.05, 4.69) is 0 Å². The van der Waals surface area contributed by atoms with Crippen LogP contribution in [0.1, 0.15) is 0 Å². The van der Waals surface area contributed by atoms with E-state index in [0.717, 1.165) is 6.54 Å². The molecule has 10 heavy (non-hydrogen) atoms. The highest BCUT2D eigenvalue weighted by Gasteiger charge is 1.95. The molecule has 0 bridgehead atoms. The molecule has 1 heterocycles. The second-order valence-corrected chi connectivity index (χ2v) is 2.38. The second-order valence-electron chi connectivity index (χ2n) is 2.01. The van der Waals surface area contributed by atoms with E-state index in [0.29, 0.717) is 5.88 Å². The highest BCUT2D eigenvalue weighted by atomic mass is 35.5. The molecule has 0 amide bonds. The highest BCUT2D eigenvalue weighted by molar-refractivity contribution is 6.17. The van der Waals surface area contributed by atoms with Gasteiger partial charge in [0.1, 0.15) is 18.9 Å². The van der Waals surface area contributed by atoms with Gasteiger partial charge in [-0.25, -0.2) is 9.13 Å². The van der Waals surface area contributed by atoms with Crippen molar-refractivity contribution in [2.45, 2.75) is 6.54 Å². The van der Waals surface area contributed by atoms with E-state index >= 15 is 0 Å². The summed E-state index contributed by atoms with van der Waals surface area (Å²) in [5, 5.41) is 0. The van der Waals surface area contributed by atoms with Gasteiger partial charge in [-0.15, -0.1) is 11.6 Å². The summed E-state index contributed by atoms with van der Waals surface area (Å²) in [7, 11) is 1.99. The second kappa shape index (κ2) is 4.58. The van der Waals surface area contributed by atoms with Crippen molar-refractivity contribution in [2.75, 3.05) is 5.88 Å². The van der Waals surface area contributed by atoms with Crippen molar-refractivity contribution < 1.29 is 17.0 Å². The van der Waals surface area contributed by atoms with Crippen LogP contribution in [0.5, 0.6) is 0 Å². The predicted octanol–water partition coefficient (Wildman–Crippen LogP) is -2.44. The first-order valence-electron chi connectivity index (χ1n) is 2.90. The average Bonchev–Trinajstić information content (AvgIpc) is 2.17. The van der Waals surface area contributed by atoms with Gasteiger partial charge < -0.3 is 12.4 Å². The Balaban J connectivity index is 0.000000810. The van der Waals surface area contributed by atoms with Gasteiger partial charge in [0.15, 0.2) is 0 Å². The molecule has 4 heteroatoms. The van der Waals surface area contributed by atoms with Crippen LogP contribution in [0.3, 0.4) is 0 Å². The van der Waals surface area contributed by atoms with Crippen molar-refractivity contribution in [2.24, 2.45) is 7.05 Å². The van der Waals surface area contributed by atoms with Crippen LogP contribution in [-0.4, -0.2) is 10.4 Å². The molecule has 2 nitrogen and oxygen atoms in total. The van der Waals surface area contributed by atoms with E-state index in [1.807, 2.05) is 34.9 Å². The third kappa shape index (κ3) is 2.58. The Kier molecular flexibility index (Phi) is 4.49. The fourth-order valence-electron chi connectivity index (χ4n) is 0.732. The molecule has 58 valence electrons. The number of alkyl halides is 1. The number of hydrogen-bond acceptors (Lipinski definition) is 0. The van der Waals surface area contributed by atoms with Gasteiger partial charge in [-0.05, 0) is 0 Å². The first-order valence-corrected chi connectivity index (χ1v) is 3.43. The van der Waals surface area contributed by atoms with Crippen molar-refractivity contribution in [1.29, 1.82) is 0 Å². The topological polar surface area (TPSA) is 8.81 Å². The largest absolute Gasteiger partial charge is 1.00 e. The monoisotopic (exact) mass is 180 g/mol. The lowest BCUT2D eigenvalue weighted by Crippen LogP contribution is -3.00. The number of aryl methyl sites for hydroxylation is 2. The Morgan fingerprint density at radius 2 is 2.30 bits per heavy atom. The van der Waals surface area contributed by atoms with E-state index in [4.69, 9.17) is 11.6 Å². The molecule has 0 aliphatic heterocycles. The van der Waals surface area contributed by atoms with Crippen LogP contribution in [0, 0.1) is 0 Å². The van der Waals surface area contributed by atoms with Gasteiger partial charge in [0.05, 0.1) is 12.9 Å². The molecule has 0 aliphatic rings. The van der Waals surface area contributed by atoms with Crippen molar-refractivity contribution in [3.63, 3.8) is 0 Å². The van der Waals surface area contributed by atoms with E-state index in [-0.39, 0.29) is 12.4 Å². The maximum absolute atomic E-state index is 5.52. The lowest BCUT2D eigenvalue weighted by molar-refractivity contribution is -0.671. The molecular formula is C6H10Cl2N2. The summed E-state index contributed by atoms with van der Waals surface area (Å²) >= 11 is 5.52. The minimum atomic E-state index is 0. The molecule has 0 unspecified atom stereocenters. The molecule has 0 saturated heterocycles. The van der Waals surface area contributed by atoms with Gasteiger partial charge in [-0.1, -0.05) is 0 Å². The molecule has 1 aromatic rings. The smallest absolute Gasteiger partial charge is 0.243 e. The van der Waals surface area contributed by atoms with E-state index < -0.39 is 0 Å². The lowest BCUT2D eigenvalue weighted by atomic mass is 10.7. The molecule has 0 atom stereocenters. The maximum atomic E-state index is 5.52. The molecule has 0 saturated carbocycles. The Morgan fingerprint density at radius 3 is 2.70 bits per heavy atom. The molecule has 0 radical (unpaired) electrons. The lowest BCUT2D eigenvalue weighted by Gasteiger charge is -1.85. The maximum Gasteiger partial charge on any atom is 0.243 e. The van der Waals surface area contributed by atoms with Crippen LogP contribution in [0.2, 0.25) is 0 Å². The van der Waals surface area contributed by atoms with Crippen molar-refractivity contribution >= 4 is 11.6 Å². The van der Waals surface area contributed by atoms with E-state index in [1.165, 1.54) is 0 Å². The summed E-state index contributed by atoms with van der Waals surface area (Å²) in [5.41, 5.74) is 0. The first kappa shape index (κ1) is 9.79. The fourth-order valence-corrected chi connectivity index (χ4v) is 0.927. The fraction of sp³-hybridized carbons (Fsp3) is 0.500. The number of halogens is 2. The first-order chi connectivity index (χ1) is 4.33. The molecule has 1 rings (SSSR count). The Hall–Kier alpha value is -0.210. The molecular weight excluding hydrogens is 171 g/mol. The zero-order valence-corrected chi connectivity index (χ0v) is 7.31. The number of hydrogen-bond donors (Lipinski definition) is 0. The van der Waals surface area contributed by atoms with Crippen LogP contribution >= 0.6 is 11.6 Å². The van der Waals surface area contributed by atoms with Gasteiger partial charge in [0.2, 0.25) is 6.33 Å². The van der Waals surface area contributed by atoms with Crippen molar-refractivity contribution in [1.82, 2.24) is 4.57 Å². The number of aromatic nitrogens is 2. The van der Waals surface area contributed by atoms with Gasteiger partial charge in [-0.2, -0.15) is 0 Å². The van der Waals surface area contributed by atoms with Crippen LogP contribution in [-0.2, 0) is 13.6 Å². The number of imidazole rings is 1. The minimum absolute atomic E-state index is 0. The van der Waals surface area contributed by atoms with Crippen LogP contribution < -0.4 is 17.0 Å². The highest BCUT2D eigenvalue weighted by Crippen LogP contribution is 1.84. The minimum Gasteiger partial charge on any atom is -1.00 e. The Bertz CT molecular complexity index is 186. The van der Waals surface area contributed by atoms with E-state index in [9.17, 15) is 0 Å². The zero-order valence-electron chi connectivity index (χ0n) is 5.80. The Labute approximate surface area is 71.8 Å². The zero-order chi connectivity index (χ0) is 6.69. The molecule has 0 aromatic carbocycles. The summed E-state index contributed by atoms with van der Waals surface area (Å²) in [6.07, 6.45) is 6.00. The van der Waals surface area contributed by atoms with Crippen LogP contribution in [0.15, 0.2) is 18.7 Å².